The van der Waals surface area contributed by atoms with Gasteiger partial charge in [-0.1, -0.05) is 13.8 Å². The first kappa shape index (κ1) is 14.9. The van der Waals surface area contributed by atoms with Crippen LogP contribution in [-0.2, 0) is 14.2 Å². The molecule has 102 valence electrons. The molecule has 4 heteroatoms. The van der Waals surface area contributed by atoms with Gasteiger partial charge in [0.15, 0.2) is 0 Å². The normalized spacial score (nSPS) is 17.6. The summed E-state index contributed by atoms with van der Waals surface area (Å²) in [6.07, 6.45) is 2.94. The second-order valence-electron chi connectivity index (χ2n) is 4.94. The number of hydrogen-bond donors (Lipinski definition) is 1. The fourth-order valence-electron chi connectivity index (χ4n) is 1.56. The fourth-order valence-corrected chi connectivity index (χ4v) is 1.56. The van der Waals surface area contributed by atoms with Gasteiger partial charge in [0, 0.05) is 19.7 Å². The molecule has 0 saturated heterocycles. The van der Waals surface area contributed by atoms with Gasteiger partial charge in [-0.25, -0.2) is 0 Å². The molecule has 1 aliphatic carbocycles. The van der Waals surface area contributed by atoms with Crippen LogP contribution in [0.5, 0.6) is 0 Å². The molecule has 0 amide bonds. The smallest absolute Gasteiger partial charge is 0.0723 e. The highest BCUT2D eigenvalue weighted by molar-refractivity contribution is 4.82. The molecule has 0 bridgehead atoms. The maximum atomic E-state index is 5.83. The van der Waals surface area contributed by atoms with Crippen molar-refractivity contribution in [2.75, 3.05) is 40.1 Å². The van der Waals surface area contributed by atoms with E-state index in [1.165, 1.54) is 12.8 Å². The lowest BCUT2D eigenvalue weighted by Crippen LogP contribution is -2.35. The summed E-state index contributed by atoms with van der Waals surface area (Å²) in [4.78, 5) is 0. The number of hydrogen-bond acceptors (Lipinski definition) is 4. The summed E-state index contributed by atoms with van der Waals surface area (Å²) in [5.74, 6) is 0.542. The minimum absolute atomic E-state index is 0.293. The van der Waals surface area contributed by atoms with Crippen molar-refractivity contribution in [3.63, 3.8) is 0 Å². The zero-order chi connectivity index (χ0) is 12.5. The average Bonchev–Trinajstić information content (AvgIpc) is 3.10. The molecule has 1 N–H and O–H groups in total. The third-order valence-electron chi connectivity index (χ3n) is 2.92. The molecule has 1 saturated carbocycles. The van der Waals surface area contributed by atoms with Crippen LogP contribution in [0.3, 0.4) is 0 Å². The van der Waals surface area contributed by atoms with E-state index >= 15 is 0 Å². The van der Waals surface area contributed by atoms with Crippen LogP contribution >= 0.6 is 0 Å². The van der Waals surface area contributed by atoms with Crippen molar-refractivity contribution in [2.24, 2.45) is 5.92 Å². The maximum Gasteiger partial charge on any atom is 0.0723 e. The Balaban J connectivity index is 1.98. The molecular formula is C13H27NO3. The van der Waals surface area contributed by atoms with Crippen molar-refractivity contribution in [3.05, 3.63) is 0 Å². The number of rotatable bonds is 11. The van der Waals surface area contributed by atoms with E-state index < -0.39 is 0 Å². The monoisotopic (exact) mass is 245 g/mol. The fraction of sp³-hybridized carbons (Fsp3) is 1.00. The van der Waals surface area contributed by atoms with E-state index in [0.717, 1.165) is 12.6 Å². The minimum Gasteiger partial charge on any atom is -0.382 e. The van der Waals surface area contributed by atoms with E-state index in [4.69, 9.17) is 14.2 Å². The van der Waals surface area contributed by atoms with Gasteiger partial charge in [0.2, 0.25) is 0 Å². The third kappa shape index (κ3) is 7.71. The van der Waals surface area contributed by atoms with E-state index in [0.29, 0.717) is 38.4 Å². The van der Waals surface area contributed by atoms with Crippen LogP contribution in [0.15, 0.2) is 0 Å². The van der Waals surface area contributed by atoms with Gasteiger partial charge in [-0.3, -0.25) is 0 Å². The summed E-state index contributed by atoms with van der Waals surface area (Å²) < 4.78 is 16.1. The van der Waals surface area contributed by atoms with Gasteiger partial charge >= 0.3 is 0 Å². The molecule has 4 nitrogen and oxygen atoms in total. The largest absolute Gasteiger partial charge is 0.382 e. The maximum absolute atomic E-state index is 5.83. The van der Waals surface area contributed by atoms with Gasteiger partial charge in [0.05, 0.1) is 32.5 Å². The van der Waals surface area contributed by atoms with Gasteiger partial charge in [0.1, 0.15) is 0 Å². The molecule has 0 aromatic rings. The topological polar surface area (TPSA) is 39.7 Å². The third-order valence-corrected chi connectivity index (χ3v) is 2.92. The van der Waals surface area contributed by atoms with Gasteiger partial charge in [-0.2, -0.15) is 0 Å². The molecule has 0 heterocycles. The highest BCUT2D eigenvalue weighted by atomic mass is 16.5. The van der Waals surface area contributed by atoms with Crippen LogP contribution in [0.25, 0.3) is 0 Å². The number of nitrogens with one attached hydrogen (secondary N) is 1. The number of methoxy groups -OCH3 is 1. The number of ether oxygens (including phenoxy) is 3. The predicted molar refractivity (Wildman–Crippen MR) is 68.3 cm³/mol. The molecule has 1 rings (SSSR count). The van der Waals surface area contributed by atoms with E-state index in [-0.39, 0.29) is 0 Å². The second-order valence-corrected chi connectivity index (χ2v) is 4.94. The summed E-state index contributed by atoms with van der Waals surface area (Å²) in [5.41, 5.74) is 0. The highest BCUT2D eigenvalue weighted by Crippen LogP contribution is 2.19. The first-order chi connectivity index (χ1) is 8.24. The molecule has 17 heavy (non-hydrogen) atoms. The lowest BCUT2D eigenvalue weighted by atomic mass is 10.1. The minimum atomic E-state index is 0.293. The summed E-state index contributed by atoms with van der Waals surface area (Å²) >= 11 is 0. The molecule has 0 aromatic carbocycles. The van der Waals surface area contributed by atoms with E-state index in [2.05, 4.69) is 19.2 Å². The Morgan fingerprint density at radius 1 is 1.12 bits per heavy atom. The molecule has 1 fully saturated rings. The Hall–Kier alpha value is -0.160. The van der Waals surface area contributed by atoms with Crippen LogP contribution < -0.4 is 5.32 Å². The Bertz CT molecular complexity index is 184. The molecule has 0 radical (unpaired) electrons. The SMILES string of the molecule is COCCOCCOC(CNC1CC1)C(C)C. The van der Waals surface area contributed by atoms with Crippen LogP contribution in [-0.4, -0.2) is 52.2 Å². The highest BCUT2D eigenvalue weighted by Gasteiger charge is 2.23. The quantitative estimate of drug-likeness (QED) is 0.559. The molecule has 1 unspecified atom stereocenters. The summed E-state index contributed by atoms with van der Waals surface area (Å²) in [6, 6.07) is 0.748. The van der Waals surface area contributed by atoms with Gasteiger partial charge in [0.25, 0.3) is 0 Å². The molecular weight excluding hydrogens is 218 g/mol. The van der Waals surface area contributed by atoms with Crippen molar-refractivity contribution >= 4 is 0 Å². The van der Waals surface area contributed by atoms with Crippen LogP contribution in [0.1, 0.15) is 26.7 Å². The predicted octanol–water partition coefficient (Wildman–Crippen LogP) is 1.44. The van der Waals surface area contributed by atoms with Crippen molar-refractivity contribution in [1.82, 2.24) is 5.32 Å². The van der Waals surface area contributed by atoms with E-state index in [1.807, 2.05) is 0 Å². The van der Waals surface area contributed by atoms with Crippen LogP contribution in [0.2, 0.25) is 0 Å². The van der Waals surface area contributed by atoms with Gasteiger partial charge in [-0.15, -0.1) is 0 Å². The van der Waals surface area contributed by atoms with Gasteiger partial charge < -0.3 is 19.5 Å². The standard InChI is InChI=1S/C13H27NO3/c1-11(2)13(10-14-12-4-5-12)17-9-8-16-7-6-15-3/h11-14H,4-10H2,1-3H3. The Morgan fingerprint density at radius 3 is 2.41 bits per heavy atom. The molecule has 0 spiro atoms. The zero-order valence-corrected chi connectivity index (χ0v) is 11.4. The zero-order valence-electron chi connectivity index (χ0n) is 11.4. The average molecular weight is 245 g/mol. The van der Waals surface area contributed by atoms with Gasteiger partial charge in [-0.05, 0) is 18.8 Å². The first-order valence-electron chi connectivity index (χ1n) is 6.65. The molecule has 1 aliphatic rings. The van der Waals surface area contributed by atoms with Crippen molar-refractivity contribution in [1.29, 1.82) is 0 Å². The first-order valence-corrected chi connectivity index (χ1v) is 6.65. The summed E-state index contributed by atoms with van der Waals surface area (Å²) in [5, 5.41) is 3.51. The Labute approximate surface area is 105 Å². The molecule has 0 aliphatic heterocycles. The summed E-state index contributed by atoms with van der Waals surface area (Å²) in [7, 11) is 1.68. The van der Waals surface area contributed by atoms with Crippen LogP contribution in [0.4, 0.5) is 0 Å². The van der Waals surface area contributed by atoms with Crippen molar-refractivity contribution in [2.45, 2.75) is 38.8 Å². The summed E-state index contributed by atoms with van der Waals surface area (Å²) in [6.45, 7) is 7.97. The van der Waals surface area contributed by atoms with E-state index in [1.54, 1.807) is 7.11 Å². The second kappa shape index (κ2) is 8.86. The van der Waals surface area contributed by atoms with Crippen LogP contribution in [0, 0.1) is 5.92 Å². The van der Waals surface area contributed by atoms with Crippen molar-refractivity contribution in [3.8, 4) is 0 Å². The van der Waals surface area contributed by atoms with Crippen molar-refractivity contribution < 1.29 is 14.2 Å². The Morgan fingerprint density at radius 2 is 1.82 bits per heavy atom. The Kier molecular flexibility index (Phi) is 7.77. The molecule has 0 aromatic heterocycles. The lowest BCUT2D eigenvalue weighted by Gasteiger charge is -2.22. The molecule has 1 atom stereocenters. The van der Waals surface area contributed by atoms with E-state index in [9.17, 15) is 0 Å². The lowest BCUT2D eigenvalue weighted by molar-refractivity contribution is -0.0217.